The molecule has 1 amide bonds. The first-order valence-electron chi connectivity index (χ1n) is 7.61. The monoisotopic (exact) mass is 381 g/mol. The molecule has 0 heterocycles. The molecule has 2 rings (SSSR count). The van der Waals surface area contributed by atoms with E-state index in [0.717, 1.165) is 18.2 Å². The third-order valence-corrected chi connectivity index (χ3v) is 3.70. The van der Waals surface area contributed by atoms with Crippen LogP contribution in [0.25, 0.3) is 0 Å². The molecule has 0 fully saturated rings. The number of halogens is 3. The van der Waals surface area contributed by atoms with Gasteiger partial charge in [-0.1, -0.05) is 18.2 Å². The van der Waals surface area contributed by atoms with Gasteiger partial charge in [0.2, 0.25) is 0 Å². The number of carbonyl (C=O) groups is 3. The molecule has 0 bridgehead atoms. The van der Waals surface area contributed by atoms with E-state index in [2.05, 4.69) is 5.32 Å². The molecule has 1 atom stereocenters. The van der Waals surface area contributed by atoms with Crippen LogP contribution in [0.5, 0.6) is 0 Å². The quantitative estimate of drug-likeness (QED) is 0.714. The SMILES string of the molecule is O=C(O)c1ccc(C[C@H](NC(=O)c2cccc(C(F)(F)F)c2)C(=O)O)cc1. The summed E-state index contributed by atoms with van der Waals surface area (Å²) in [4.78, 5) is 34.3. The molecule has 0 saturated carbocycles. The van der Waals surface area contributed by atoms with Crippen molar-refractivity contribution in [1.29, 1.82) is 0 Å². The summed E-state index contributed by atoms with van der Waals surface area (Å²) in [7, 11) is 0. The smallest absolute Gasteiger partial charge is 0.416 e. The van der Waals surface area contributed by atoms with Crippen molar-refractivity contribution in [2.75, 3.05) is 0 Å². The van der Waals surface area contributed by atoms with E-state index in [0.29, 0.717) is 11.6 Å². The predicted octanol–water partition coefficient (Wildman–Crippen LogP) is 2.83. The van der Waals surface area contributed by atoms with Gasteiger partial charge in [0.05, 0.1) is 11.1 Å². The molecule has 0 aromatic heterocycles. The van der Waals surface area contributed by atoms with Crippen LogP contribution in [-0.4, -0.2) is 34.1 Å². The Bertz CT molecular complexity index is 862. The lowest BCUT2D eigenvalue weighted by Gasteiger charge is -2.15. The number of aliphatic carboxylic acids is 1. The number of carboxylic acids is 2. The maximum atomic E-state index is 12.7. The molecular formula is C18H14F3NO5. The summed E-state index contributed by atoms with van der Waals surface area (Å²) < 4.78 is 38.2. The van der Waals surface area contributed by atoms with Gasteiger partial charge in [0.25, 0.3) is 5.91 Å². The van der Waals surface area contributed by atoms with Gasteiger partial charge in [0.15, 0.2) is 0 Å². The lowest BCUT2D eigenvalue weighted by molar-refractivity contribution is -0.139. The number of aromatic carboxylic acids is 1. The number of hydrogen-bond acceptors (Lipinski definition) is 3. The van der Waals surface area contributed by atoms with Gasteiger partial charge in [-0.15, -0.1) is 0 Å². The largest absolute Gasteiger partial charge is 0.480 e. The Kier molecular flexibility index (Phi) is 5.84. The molecule has 0 spiro atoms. The Balaban J connectivity index is 2.15. The Labute approximate surface area is 151 Å². The Morgan fingerprint density at radius 3 is 2.11 bits per heavy atom. The fourth-order valence-electron chi connectivity index (χ4n) is 2.30. The number of carboxylic acid groups (broad SMARTS) is 2. The molecule has 6 nitrogen and oxygen atoms in total. The van der Waals surface area contributed by atoms with Crippen molar-refractivity contribution >= 4 is 17.8 Å². The molecule has 0 unspecified atom stereocenters. The summed E-state index contributed by atoms with van der Waals surface area (Å²) in [6, 6.07) is 7.60. The maximum absolute atomic E-state index is 12.7. The number of alkyl halides is 3. The van der Waals surface area contributed by atoms with E-state index in [1.54, 1.807) is 0 Å². The highest BCUT2D eigenvalue weighted by Gasteiger charge is 2.31. The first-order valence-corrected chi connectivity index (χ1v) is 7.61. The summed E-state index contributed by atoms with van der Waals surface area (Å²) in [5.41, 5.74) is -0.890. The van der Waals surface area contributed by atoms with E-state index in [-0.39, 0.29) is 17.5 Å². The van der Waals surface area contributed by atoms with Gasteiger partial charge in [-0.25, -0.2) is 9.59 Å². The van der Waals surface area contributed by atoms with Crippen LogP contribution in [-0.2, 0) is 17.4 Å². The highest BCUT2D eigenvalue weighted by atomic mass is 19.4. The zero-order chi connectivity index (χ0) is 20.2. The summed E-state index contributed by atoms with van der Waals surface area (Å²) >= 11 is 0. The van der Waals surface area contributed by atoms with Crippen LogP contribution in [0.3, 0.4) is 0 Å². The van der Waals surface area contributed by atoms with Gasteiger partial charge >= 0.3 is 18.1 Å². The molecule has 0 saturated heterocycles. The second-order valence-electron chi connectivity index (χ2n) is 5.65. The lowest BCUT2D eigenvalue weighted by Crippen LogP contribution is -2.42. The van der Waals surface area contributed by atoms with E-state index < -0.39 is 35.6 Å². The van der Waals surface area contributed by atoms with Gasteiger partial charge in [-0.05, 0) is 35.9 Å². The first kappa shape index (κ1) is 20.0. The van der Waals surface area contributed by atoms with E-state index in [1.165, 1.54) is 24.3 Å². The molecule has 27 heavy (non-hydrogen) atoms. The lowest BCUT2D eigenvalue weighted by atomic mass is 10.0. The number of hydrogen-bond donors (Lipinski definition) is 3. The fourth-order valence-corrected chi connectivity index (χ4v) is 2.30. The van der Waals surface area contributed by atoms with Crippen LogP contribution in [0.15, 0.2) is 48.5 Å². The Hall–Kier alpha value is -3.36. The van der Waals surface area contributed by atoms with Crippen LogP contribution in [0, 0.1) is 0 Å². The third-order valence-electron chi connectivity index (χ3n) is 3.70. The van der Waals surface area contributed by atoms with Crippen LogP contribution >= 0.6 is 0 Å². The molecule has 9 heteroatoms. The molecule has 0 aliphatic rings. The van der Waals surface area contributed by atoms with E-state index in [9.17, 15) is 32.7 Å². The molecule has 0 aliphatic heterocycles. The average molecular weight is 381 g/mol. The first-order chi connectivity index (χ1) is 12.6. The number of nitrogens with one attached hydrogen (secondary N) is 1. The second kappa shape index (κ2) is 7.90. The number of amides is 1. The maximum Gasteiger partial charge on any atom is 0.416 e. The molecule has 0 radical (unpaired) electrons. The number of carbonyl (C=O) groups excluding carboxylic acids is 1. The second-order valence-corrected chi connectivity index (χ2v) is 5.65. The van der Waals surface area contributed by atoms with Gasteiger partial charge in [-0.2, -0.15) is 13.2 Å². The molecule has 2 aromatic carbocycles. The van der Waals surface area contributed by atoms with E-state index in [4.69, 9.17) is 5.11 Å². The van der Waals surface area contributed by atoms with Crippen molar-refractivity contribution in [3.63, 3.8) is 0 Å². The normalized spacial score (nSPS) is 12.3. The predicted molar refractivity (Wildman–Crippen MR) is 87.4 cm³/mol. The van der Waals surface area contributed by atoms with Gasteiger partial charge in [0, 0.05) is 12.0 Å². The molecule has 142 valence electrons. The highest BCUT2D eigenvalue weighted by molar-refractivity contribution is 5.96. The minimum Gasteiger partial charge on any atom is -0.480 e. The van der Waals surface area contributed by atoms with Crippen LogP contribution in [0.2, 0.25) is 0 Å². The van der Waals surface area contributed by atoms with Crippen LogP contribution in [0.1, 0.15) is 31.8 Å². The van der Waals surface area contributed by atoms with Gasteiger partial charge in [-0.3, -0.25) is 4.79 Å². The Morgan fingerprint density at radius 2 is 1.59 bits per heavy atom. The molecule has 0 aliphatic carbocycles. The van der Waals surface area contributed by atoms with E-state index in [1.807, 2.05) is 0 Å². The molecular weight excluding hydrogens is 367 g/mol. The average Bonchev–Trinajstić information content (AvgIpc) is 2.60. The van der Waals surface area contributed by atoms with Crippen LogP contribution < -0.4 is 5.32 Å². The summed E-state index contributed by atoms with van der Waals surface area (Å²) in [6.45, 7) is 0. The van der Waals surface area contributed by atoms with E-state index >= 15 is 0 Å². The number of rotatable bonds is 6. The topological polar surface area (TPSA) is 104 Å². The molecule has 2 aromatic rings. The third kappa shape index (κ3) is 5.30. The minimum absolute atomic E-state index is 0.0126. The summed E-state index contributed by atoms with van der Waals surface area (Å²) in [5, 5.41) is 20.3. The van der Waals surface area contributed by atoms with Crippen molar-refractivity contribution < 1.29 is 37.8 Å². The van der Waals surface area contributed by atoms with Crippen molar-refractivity contribution in [3.05, 3.63) is 70.8 Å². The van der Waals surface area contributed by atoms with Gasteiger partial charge in [0.1, 0.15) is 6.04 Å². The van der Waals surface area contributed by atoms with Crippen molar-refractivity contribution in [1.82, 2.24) is 5.32 Å². The summed E-state index contributed by atoms with van der Waals surface area (Å²) in [6.07, 6.45) is -4.80. The van der Waals surface area contributed by atoms with Crippen molar-refractivity contribution in [3.8, 4) is 0 Å². The fraction of sp³-hybridized carbons (Fsp3) is 0.167. The zero-order valence-electron chi connectivity index (χ0n) is 13.7. The Morgan fingerprint density at radius 1 is 0.963 bits per heavy atom. The summed E-state index contributed by atoms with van der Waals surface area (Å²) in [5.74, 6) is -3.48. The minimum atomic E-state index is -4.63. The standard InChI is InChI=1S/C18H14F3NO5/c19-18(20,21)13-3-1-2-12(9-13)15(23)22-14(17(26)27)8-10-4-6-11(7-5-10)16(24)25/h1-7,9,14H,8H2,(H,22,23)(H,24,25)(H,26,27)/t14-/m0/s1. The van der Waals surface area contributed by atoms with Crippen molar-refractivity contribution in [2.24, 2.45) is 0 Å². The van der Waals surface area contributed by atoms with Gasteiger partial charge < -0.3 is 15.5 Å². The zero-order valence-corrected chi connectivity index (χ0v) is 13.7. The number of benzene rings is 2. The molecule has 3 N–H and O–H groups in total. The highest BCUT2D eigenvalue weighted by Crippen LogP contribution is 2.29. The van der Waals surface area contributed by atoms with Crippen molar-refractivity contribution in [2.45, 2.75) is 18.6 Å². The van der Waals surface area contributed by atoms with Crippen LogP contribution in [0.4, 0.5) is 13.2 Å².